The lowest BCUT2D eigenvalue weighted by Gasteiger charge is -2.36. The van der Waals surface area contributed by atoms with E-state index in [1.807, 2.05) is 18.2 Å². The van der Waals surface area contributed by atoms with Crippen molar-refractivity contribution in [1.82, 2.24) is 4.98 Å². The van der Waals surface area contributed by atoms with Gasteiger partial charge in [-0.05, 0) is 11.6 Å². The van der Waals surface area contributed by atoms with Crippen molar-refractivity contribution in [2.45, 2.75) is 6.04 Å². The topological polar surface area (TPSA) is 68.5 Å². The molecular weight excluding hydrogens is 270 g/mol. The Kier molecular flexibility index (Phi) is 3.79. The molecule has 1 atom stereocenters. The number of hydrogen-bond acceptors (Lipinski definition) is 5. The van der Waals surface area contributed by atoms with Crippen LogP contribution in [-0.4, -0.2) is 29.7 Å². The zero-order valence-electron chi connectivity index (χ0n) is 11.4. The summed E-state index contributed by atoms with van der Waals surface area (Å²) in [6, 6.07) is 13.3. The molecule has 3 rings (SSSR count). The first-order valence-corrected chi connectivity index (χ1v) is 6.75. The van der Waals surface area contributed by atoms with Gasteiger partial charge in [0.1, 0.15) is 12.0 Å². The molecule has 1 fully saturated rings. The van der Waals surface area contributed by atoms with Gasteiger partial charge in [0, 0.05) is 12.6 Å². The molecule has 0 N–H and O–H groups in total. The first-order chi connectivity index (χ1) is 10.3. The smallest absolute Gasteiger partial charge is 0.287 e. The molecule has 0 aliphatic carbocycles. The van der Waals surface area contributed by atoms with Crippen LogP contribution >= 0.6 is 0 Å². The molecular formula is C15H15N3O3. The number of rotatable bonds is 3. The lowest BCUT2D eigenvalue weighted by molar-refractivity contribution is -0.385. The normalized spacial score (nSPS) is 18.5. The van der Waals surface area contributed by atoms with Crippen LogP contribution in [0.4, 0.5) is 11.5 Å². The molecule has 1 aliphatic heterocycles. The summed E-state index contributed by atoms with van der Waals surface area (Å²) in [5.74, 6) is 0.734. The summed E-state index contributed by atoms with van der Waals surface area (Å²) in [6.07, 6.45) is 1.30. The molecule has 21 heavy (non-hydrogen) atoms. The number of anilines is 1. The van der Waals surface area contributed by atoms with Gasteiger partial charge in [-0.3, -0.25) is 10.1 Å². The number of hydrogen-bond donors (Lipinski definition) is 0. The second-order valence-corrected chi connectivity index (χ2v) is 4.83. The average molecular weight is 285 g/mol. The van der Waals surface area contributed by atoms with Crippen LogP contribution in [-0.2, 0) is 4.74 Å². The van der Waals surface area contributed by atoms with Crippen LogP contribution in [0.2, 0.25) is 0 Å². The number of aromatic nitrogens is 1. The highest BCUT2D eigenvalue weighted by Gasteiger charge is 2.25. The second-order valence-electron chi connectivity index (χ2n) is 4.83. The van der Waals surface area contributed by atoms with Crippen molar-refractivity contribution in [3.8, 4) is 0 Å². The van der Waals surface area contributed by atoms with E-state index < -0.39 is 4.92 Å². The van der Waals surface area contributed by atoms with E-state index in [1.54, 1.807) is 6.07 Å². The van der Waals surface area contributed by atoms with Crippen molar-refractivity contribution in [3.63, 3.8) is 0 Å². The van der Waals surface area contributed by atoms with Crippen molar-refractivity contribution in [2.75, 3.05) is 24.7 Å². The Balaban J connectivity index is 1.89. The zero-order valence-corrected chi connectivity index (χ0v) is 11.4. The molecule has 0 spiro atoms. The van der Waals surface area contributed by atoms with E-state index in [0.29, 0.717) is 19.8 Å². The van der Waals surface area contributed by atoms with Crippen LogP contribution < -0.4 is 4.90 Å². The fourth-order valence-electron chi connectivity index (χ4n) is 2.49. The maximum atomic E-state index is 10.7. The van der Waals surface area contributed by atoms with Crippen molar-refractivity contribution < 1.29 is 9.66 Å². The third-order valence-corrected chi connectivity index (χ3v) is 3.55. The third kappa shape index (κ3) is 2.85. The maximum absolute atomic E-state index is 10.7. The van der Waals surface area contributed by atoms with Gasteiger partial charge < -0.3 is 9.64 Å². The zero-order chi connectivity index (χ0) is 14.7. The molecule has 1 aromatic heterocycles. The second kappa shape index (κ2) is 5.88. The van der Waals surface area contributed by atoms with Crippen LogP contribution in [0.5, 0.6) is 0 Å². The number of benzene rings is 1. The van der Waals surface area contributed by atoms with Crippen LogP contribution in [0.3, 0.4) is 0 Å². The molecule has 2 heterocycles. The SMILES string of the molecule is O=[N+]([O-])c1ccc(N2CCOCC2c2ccccc2)nc1. The predicted octanol–water partition coefficient (Wildman–Crippen LogP) is 2.57. The number of pyridine rings is 1. The molecule has 108 valence electrons. The van der Waals surface area contributed by atoms with Gasteiger partial charge in [-0.1, -0.05) is 30.3 Å². The van der Waals surface area contributed by atoms with Crippen LogP contribution in [0.15, 0.2) is 48.7 Å². The largest absolute Gasteiger partial charge is 0.377 e. The molecule has 0 saturated carbocycles. The average Bonchev–Trinajstić information content (AvgIpc) is 2.56. The van der Waals surface area contributed by atoms with E-state index in [0.717, 1.165) is 11.4 Å². The summed E-state index contributed by atoms with van der Waals surface area (Å²) in [6.45, 7) is 1.93. The van der Waals surface area contributed by atoms with Gasteiger partial charge >= 0.3 is 0 Å². The summed E-state index contributed by atoms with van der Waals surface area (Å²) >= 11 is 0. The van der Waals surface area contributed by atoms with Gasteiger partial charge in [0.25, 0.3) is 5.69 Å². The van der Waals surface area contributed by atoms with E-state index in [-0.39, 0.29) is 11.7 Å². The fourth-order valence-corrected chi connectivity index (χ4v) is 2.49. The van der Waals surface area contributed by atoms with Crippen molar-refractivity contribution in [2.24, 2.45) is 0 Å². The molecule has 1 saturated heterocycles. The Morgan fingerprint density at radius 1 is 1.24 bits per heavy atom. The fraction of sp³-hybridized carbons (Fsp3) is 0.267. The van der Waals surface area contributed by atoms with Gasteiger partial charge in [-0.25, -0.2) is 4.98 Å². The Morgan fingerprint density at radius 3 is 2.71 bits per heavy atom. The lowest BCUT2D eigenvalue weighted by Crippen LogP contribution is -2.40. The molecule has 2 aromatic rings. The summed E-state index contributed by atoms with van der Waals surface area (Å²) in [5, 5.41) is 10.7. The maximum Gasteiger partial charge on any atom is 0.287 e. The highest BCUT2D eigenvalue weighted by atomic mass is 16.6. The van der Waals surface area contributed by atoms with E-state index in [9.17, 15) is 10.1 Å². The Hall–Kier alpha value is -2.47. The van der Waals surface area contributed by atoms with Gasteiger partial charge in [0.2, 0.25) is 0 Å². The minimum atomic E-state index is -0.440. The van der Waals surface area contributed by atoms with E-state index in [1.165, 1.54) is 12.3 Å². The highest BCUT2D eigenvalue weighted by Crippen LogP contribution is 2.29. The number of nitrogens with zero attached hydrogens (tertiary/aromatic N) is 3. The molecule has 1 aromatic carbocycles. The van der Waals surface area contributed by atoms with Gasteiger partial charge in [-0.2, -0.15) is 0 Å². The van der Waals surface area contributed by atoms with Crippen molar-refractivity contribution in [3.05, 3.63) is 64.3 Å². The quantitative estimate of drug-likeness (QED) is 0.640. The monoisotopic (exact) mass is 285 g/mol. The lowest BCUT2D eigenvalue weighted by atomic mass is 10.0. The van der Waals surface area contributed by atoms with E-state index in [2.05, 4.69) is 22.0 Å². The van der Waals surface area contributed by atoms with E-state index in [4.69, 9.17) is 4.74 Å². The number of morpholine rings is 1. The van der Waals surface area contributed by atoms with Crippen LogP contribution in [0.1, 0.15) is 11.6 Å². The first-order valence-electron chi connectivity index (χ1n) is 6.75. The third-order valence-electron chi connectivity index (χ3n) is 3.55. The molecule has 1 unspecified atom stereocenters. The minimum Gasteiger partial charge on any atom is -0.377 e. The Morgan fingerprint density at radius 2 is 2.05 bits per heavy atom. The molecule has 6 heteroatoms. The Bertz CT molecular complexity index is 616. The number of nitro groups is 1. The first kappa shape index (κ1) is 13.5. The minimum absolute atomic E-state index is 0.00303. The molecule has 0 bridgehead atoms. The molecule has 1 aliphatic rings. The molecule has 0 radical (unpaired) electrons. The van der Waals surface area contributed by atoms with Crippen LogP contribution in [0.25, 0.3) is 0 Å². The Labute approximate surface area is 122 Å². The molecule has 6 nitrogen and oxygen atoms in total. The van der Waals surface area contributed by atoms with Gasteiger partial charge in [0.05, 0.1) is 24.2 Å². The van der Waals surface area contributed by atoms with Gasteiger partial charge in [0.15, 0.2) is 0 Å². The summed E-state index contributed by atoms with van der Waals surface area (Å²) in [4.78, 5) is 16.6. The highest BCUT2D eigenvalue weighted by molar-refractivity contribution is 5.46. The van der Waals surface area contributed by atoms with E-state index >= 15 is 0 Å². The summed E-state index contributed by atoms with van der Waals surface area (Å²) < 4.78 is 5.57. The molecule has 0 amide bonds. The number of ether oxygens (including phenoxy) is 1. The van der Waals surface area contributed by atoms with Gasteiger partial charge in [-0.15, -0.1) is 0 Å². The van der Waals surface area contributed by atoms with Crippen molar-refractivity contribution in [1.29, 1.82) is 0 Å². The standard InChI is InChI=1S/C15H15N3O3/c19-18(20)13-6-7-15(16-10-13)17-8-9-21-11-14(17)12-4-2-1-3-5-12/h1-7,10,14H,8-9,11H2. The van der Waals surface area contributed by atoms with Crippen LogP contribution in [0, 0.1) is 10.1 Å². The summed E-state index contributed by atoms with van der Waals surface area (Å²) in [7, 11) is 0. The summed E-state index contributed by atoms with van der Waals surface area (Å²) in [5.41, 5.74) is 1.15. The van der Waals surface area contributed by atoms with Crippen molar-refractivity contribution >= 4 is 11.5 Å². The predicted molar refractivity (Wildman–Crippen MR) is 78.2 cm³/mol.